The van der Waals surface area contributed by atoms with Crippen molar-refractivity contribution in [1.82, 2.24) is 15.0 Å². The van der Waals surface area contributed by atoms with E-state index in [2.05, 4.69) is 10.1 Å². The molecule has 0 bridgehead atoms. The third kappa shape index (κ3) is 6.21. The minimum absolute atomic E-state index is 0.0323. The van der Waals surface area contributed by atoms with Gasteiger partial charge in [0.05, 0.1) is 33.3 Å². The minimum Gasteiger partial charge on any atom is -0.493 e. The topological polar surface area (TPSA) is 96.2 Å². The van der Waals surface area contributed by atoms with Crippen LogP contribution in [-0.4, -0.2) is 62.5 Å². The number of amides is 1. The first kappa shape index (κ1) is 26.0. The quantitative estimate of drug-likeness (QED) is 0.262. The van der Waals surface area contributed by atoms with Crippen molar-refractivity contribution in [3.05, 3.63) is 70.2 Å². The number of nitrogens with zero attached hydrogens (tertiary/aromatic N) is 3. The molecule has 0 aliphatic rings. The lowest BCUT2D eigenvalue weighted by Crippen LogP contribution is -2.34. The number of hydrogen-bond donors (Lipinski definition) is 0. The molecule has 10 heteroatoms. The second-order valence-electron chi connectivity index (χ2n) is 8.04. The van der Waals surface area contributed by atoms with E-state index in [-0.39, 0.29) is 5.91 Å². The number of rotatable bonds is 12. The number of carbonyl (C=O) groups excluding carboxylic acids is 1. The lowest BCUT2D eigenvalue weighted by atomic mass is 10.1. The largest absolute Gasteiger partial charge is 0.493 e. The predicted octanol–water partition coefficient (Wildman–Crippen LogP) is 4.76. The Balaban J connectivity index is 1.46. The molecule has 0 saturated carbocycles. The summed E-state index contributed by atoms with van der Waals surface area (Å²) < 4.78 is 26.9. The number of aromatic nitrogens is 2. The summed E-state index contributed by atoms with van der Waals surface area (Å²) in [5.41, 5.74) is 1.78. The van der Waals surface area contributed by atoms with Crippen molar-refractivity contribution in [2.75, 3.05) is 41.5 Å². The van der Waals surface area contributed by atoms with Crippen LogP contribution in [0, 0.1) is 0 Å². The smallest absolute Gasteiger partial charge is 0.263 e. The minimum atomic E-state index is -0.0323. The van der Waals surface area contributed by atoms with Gasteiger partial charge in [0.2, 0.25) is 11.7 Å². The summed E-state index contributed by atoms with van der Waals surface area (Å²) >= 11 is 1.42. The van der Waals surface area contributed by atoms with Gasteiger partial charge in [-0.3, -0.25) is 4.79 Å². The second kappa shape index (κ2) is 12.3. The van der Waals surface area contributed by atoms with E-state index in [0.29, 0.717) is 65.5 Å². The molecular formula is C27H29N3O6S. The van der Waals surface area contributed by atoms with Crippen LogP contribution in [0.3, 0.4) is 0 Å². The molecule has 37 heavy (non-hydrogen) atoms. The number of ether oxygens (including phenoxy) is 4. The van der Waals surface area contributed by atoms with Crippen molar-refractivity contribution >= 4 is 17.2 Å². The highest BCUT2D eigenvalue weighted by atomic mass is 32.1. The number of hydrogen-bond acceptors (Lipinski definition) is 9. The molecular weight excluding hydrogens is 494 g/mol. The van der Waals surface area contributed by atoms with Gasteiger partial charge in [-0.05, 0) is 53.8 Å². The fourth-order valence-electron chi connectivity index (χ4n) is 3.85. The van der Waals surface area contributed by atoms with Crippen molar-refractivity contribution < 1.29 is 28.3 Å². The van der Waals surface area contributed by atoms with Gasteiger partial charge in [0.1, 0.15) is 0 Å². The lowest BCUT2D eigenvalue weighted by Gasteiger charge is -2.22. The monoisotopic (exact) mass is 523 g/mol. The fraction of sp³-hybridized carbons (Fsp3) is 0.296. The normalized spacial score (nSPS) is 10.7. The molecule has 1 amide bonds. The zero-order chi connectivity index (χ0) is 26.2. The molecule has 0 N–H and O–H groups in total. The first-order valence-electron chi connectivity index (χ1n) is 11.6. The summed E-state index contributed by atoms with van der Waals surface area (Å²) in [6.07, 6.45) is 1.07. The zero-order valence-corrected chi connectivity index (χ0v) is 22.0. The van der Waals surface area contributed by atoms with E-state index in [1.54, 1.807) is 40.6 Å². The van der Waals surface area contributed by atoms with E-state index < -0.39 is 0 Å². The highest BCUT2D eigenvalue weighted by Gasteiger charge is 2.19. The summed E-state index contributed by atoms with van der Waals surface area (Å²) in [6.45, 7) is 0.945. The summed E-state index contributed by atoms with van der Waals surface area (Å²) in [5, 5.41) is 6.01. The molecule has 0 fully saturated rings. The average Bonchev–Trinajstić information content (AvgIpc) is 3.65. The van der Waals surface area contributed by atoms with Crippen LogP contribution in [0.5, 0.6) is 23.0 Å². The molecule has 2 aromatic carbocycles. The van der Waals surface area contributed by atoms with E-state index in [1.807, 2.05) is 46.7 Å². The number of methoxy groups -OCH3 is 4. The van der Waals surface area contributed by atoms with Crippen LogP contribution in [0.4, 0.5) is 0 Å². The highest BCUT2D eigenvalue weighted by Crippen LogP contribution is 2.31. The number of benzene rings is 2. The molecule has 0 aliphatic heterocycles. The average molecular weight is 524 g/mol. The van der Waals surface area contributed by atoms with Gasteiger partial charge < -0.3 is 28.4 Å². The van der Waals surface area contributed by atoms with Crippen LogP contribution in [-0.2, 0) is 12.8 Å². The van der Waals surface area contributed by atoms with Crippen molar-refractivity contribution in [3.63, 3.8) is 0 Å². The number of carbonyl (C=O) groups is 1. The van der Waals surface area contributed by atoms with E-state index in [0.717, 1.165) is 11.1 Å². The Morgan fingerprint density at radius 3 is 2.22 bits per heavy atom. The molecule has 2 aromatic heterocycles. The molecule has 0 saturated heterocycles. The standard InChI is InChI=1S/C27H29N3O6S/c1-32-20-9-7-18(16-22(20)34-3)11-13-30(27(31)24-6-5-15-37-24)14-12-25-28-26(29-36-25)19-8-10-21(33-2)23(17-19)35-4/h5-10,15-17H,11-14H2,1-4H3. The van der Waals surface area contributed by atoms with Gasteiger partial charge in [-0.15, -0.1) is 11.3 Å². The van der Waals surface area contributed by atoms with Crippen LogP contribution in [0.1, 0.15) is 21.1 Å². The SMILES string of the molecule is COc1ccc(CCN(CCc2nc(-c3ccc(OC)c(OC)c3)no2)C(=O)c2cccs2)cc1OC. The molecule has 4 aromatic rings. The maximum absolute atomic E-state index is 13.2. The van der Waals surface area contributed by atoms with Gasteiger partial charge in [0, 0.05) is 25.1 Å². The summed E-state index contributed by atoms with van der Waals surface area (Å²) in [5.74, 6) is 3.37. The van der Waals surface area contributed by atoms with E-state index in [1.165, 1.54) is 11.3 Å². The Morgan fingerprint density at radius 1 is 0.865 bits per heavy atom. The number of thiophene rings is 1. The Labute approximate surface area is 219 Å². The summed E-state index contributed by atoms with van der Waals surface area (Å²) in [7, 11) is 6.37. The van der Waals surface area contributed by atoms with Gasteiger partial charge in [-0.25, -0.2) is 0 Å². The molecule has 194 valence electrons. The van der Waals surface area contributed by atoms with Crippen molar-refractivity contribution in [1.29, 1.82) is 0 Å². The van der Waals surface area contributed by atoms with Crippen LogP contribution >= 0.6 is 11.3 Å². The Morgan fingerprint density at radius 2 is 1.54 bits per heavy atom. The highest BCUT2D eigenvalue weighted by molar-refractivity contribution is 7.12. The van der Waals surface area contributed by atoms with Gasteiger partial charge in [-0.1, -0.05) is 17.3 Å². The van der Waals surface area contributed by atoms with Crippen molar-refractivity contribution in [2.24, 2.45) is 0 Å². The maximum Gasteiger partial charge on any atom is 0.263 e. The van der Waals surface area contributed by atoms with E-state index in [9.17, 15) is 4.79 Å². The molecule has 4 rings (SSSR count). The third-order valence-corrected chi connectivity index (χ3v) is 6.70. The van der Waals surface area contributed by atoms with Crippen LogP contribution in [0.2, 0.25) is 0 Å². The van der Waals surface area contributed by atoms with Crippen LogP contribution in [0.25, 0.3) is 11.4 Å². The summed E-state index contributed by atoms with van der Waals surface area (Å²) in [4.78, 5) is 20.2. The second-order valence-corrected chi connectivity index (χ2v) is 8.99. The zero-order valence-electron chi connectivity index (χ0n) is 21.2. The van der Waals surface area contributed by atoms with Crippen LogP contribution in [0.15, 0.2) is 58.4 Å². The molecule has 0 unspecified atom stereocenters. The van der Waals surface area contributed by atoms with Crippen molar-refractivity contribution in [3.8, 4) is 34.4 Å². The van der Waals surface area contributed by atoms with Gasteiger partial charge in [0.15, 0.2) is 23.0 Å². The molecule has 2 heterocycles. The first-order valence-corrected chi connectivity index (χ1v) is 12.5. The maximum atomic E-state index is 13.2. The Bertz CT molecular complexity index is 1320. The third-order valence-electron chi connectivity index (χ3n) is 5.84. The fourth-order valence-corrected chi connectivity index (χ4v) is 4.54. The van der Waals surface area contributed by atoms with E-state index in [4.69, 9.17) is 23.5 Å². The molecule has 0 spiro atoms. The molecule has 0 aliphatic carbocycles. The van der Waals surface area contributed by atoms with Crippen molar-refractivity contribution in [2.45, 2.75) is 12.8 Å². The Kier molecular flexibility index (Phi) is 8.63. The first-order chi connectivity index (χ1) is 18.1. The van der Waals surface area contributed by atoms with E-state index >= 15 is 0 Å². The van der Waals surface area contributed by atoms with Gasteiger partial charge in [0.25, 0.3) is 5.91 Å². The molecule has 9 nitrogen and oxygen atoms in total. The summed E-state index contributed by atoms with van der Waals surface area (Å²) in [6, 6.07) is 14.9. The van der Waals surface area contributed by atoms with Gasteiger partial charge >= 0.3 is 0 Å². The Hall–Kier alpha value is -4.05. The van der Waals surface area contributed by atoms with Gasteiger partial charge in [-0.2, -0.15) is 4.98 Å². The predicted molar refractivity (Wildman–Crippen MR) is 140 cm³/mol. The molecule has 0 atom stereocenters. The lowest BCUT2D eigenvalue weighted by molar-refractivity contribution is 0.0761. The molecule has 0 radical (unpaired) electrons. The van der Waals surface area contributed by atoms with Crippen LogP contribution < -0.4 is 18.9 Å².